The number of amides is 1. The molecule has 0 aliphatic carbocycles. The van der Waals surface area contributed by atoms with Crippen molar-refractivity contribution >= 4 is 23.3 Å². The molecule has 0 bridgehead atoms. The Morgan fingerprint density at radius 1 is 0.805 bits per heavy atom. The van der Waals surface area contributed by atoms with Gasteiger partial charge in [-0.2, -0.15) is 0 Å². The number of benzene rings is 4. The van der Waals surface area contributed by atoms with Crippen LogP contribution in [0.4, 0.5) is 5.69 Å². The molecule has 2 N–H and O–H groups in total. The third-order valence-corrected chi connectivity index (χ3v) is 6.70. The smallest absolute Gasteiger partial charge is 0.326 e. The summed E-state index contributed by atoms with van der Waals surface area (Å²) in [4.78, 5) is 39.4. The summed E-state index contributed by atoms with van der Waals surface area (Å²) in [5.74, 6) is -0.503. The van der Waals surface area contributed by atoms with Crippen molar-refractivity contribution in [3.63, 3.8) is 0 Å². The van der Waals surface area contributed by atoms with Gasteiger partial charge in [0.25, 0.3) is 0 Å². The largest absolute Gasteiger partial charge is 0.492 e. The summed E-state index contributed by atoms with van der Waals surface area (Å²) < 4.78 is 5.89. The molecule has 0 heterocycles. The first-order chi connectivity index (χ1) is 19.9. The van der Waals surface area contributed by atoms with Crippen molar-refractivity contribution in [2.24, 2.45) is 0 Å². The van der Waals surface area contributed by atoms with Crippen molar-refractivity contribution in [1.82, 2.24) is 4.90 Å². The molecule has 0 aliphatic heterocycles. The first-order valence-corrected chi connectivity index (χ1v) is 13.7. The Morgan fingerprint density at radius 3 is 2.10 bits per heavy atom. The number of para-hydroxylation sites is 1. The Hall–Kier alpha value is -4.91. The molecule has 0 saturated carbocycles. The lowest BCUT2D eigenvalue weighted by molar-refractivity contribution is -0.138. The first-order valence-electron chi connectivity index (χ1n) is 13.7. The van der Waals surface area contributed by atoms with E-state index in [1.807, 2.05) is 55.5 Å². The van der Waals surface area contributed by atoms with Gasteiger partial charge in [0.15, 0.2) is 5.78 Å². The average molecular weight is 551 g/mol. The topological polar surface area (TPSA) is 95.9 Å². The van der Waals surface area contributed by atoms with Crippen LogP contribution < -0.4 is 10.1 Å². The van der Waals surface area contributed by atoms with E-state index in [1.54, 1.807) is 65.6 Å². The summed E-state index contributed by atoms with van der Waals surface area (Å²) >= 11 is 0. The Bertz CT molecular complexity index is 1440. The molecule has 4 aromatic rings. The molecule has 1 atom stereocenters. The second-order valence-electron chi connectivity index (χ2n) is 9.63. The molecule has 0 radical (unpaired) electrons. The molecule has 0 saturated heterocycles. The summed E-state index contributed by atoms with van der Waals surface area (Å²) in [5.41, 5.74) is 3.28. The average Bonchev–Trinajstić information content (AvgIpc) is 3.01. The fourth-order valence-electron chi connectivity index (χ4n) is 4.49. The molecule has 0 spiro atoms. The van der Waals surface area contributed by atoms with Gasteiger partial charge >= 0.3 is 5.97 Å². The Labute approximate surface area is 240 Å². The van der Waals surface area contributed by atoms with Crippen LogP contribution in [0.2, 0.25) is 0 Å². The third kappa shape index (κ3) is 8.29. The number of anilines is 1. The van der Waals surface area contributed by atoms with Gasteiger partial charge in [0.05, 0.1) is 6.54 Å². The summed E-state index contributed by atoms with van der Waals surface area (Å²) in [5, 5.41) is 13.0. The van der Waals surface area contributed by atoms with Crippen molar-refractivity contribution in [3.8, 4) is 5.75 Å². The maximum atomic E-state index is 13.1. The standard InChI is InChI=1S/C34H34N2O5/c1-2-32(37)36(24-26-11-5-3-6-12-26)21-22-41-28-19-17-25(18-20-28)23-31(34(39)40)35-30-16-10-9-15-29(30)33(38)27-13-7-4-8-14-27/h3-20,31,35H,2,21-24H2,1H3,(H,39,40)/t31-/m0/s1. The van der Waals surface area contributed by atoms with Crippen LogP contribution in [0.25, 0.3) is 0 Å². The van der Waals surface area contributed by atoms with Crippen molar-refractivity contribution in [2.45, 2.75) is 32.4 Å². The lowest BCUT2D eigenvalue weighted by Gasteiger charge is -2.22. The molecule has 0 aromatic heterocycles. The molecule has 1 amide bonds. The number of rotatable bonds is 14. The summed E-state index contributed by atoms with van der Waals surface area (Å²) in [6.07, 6.45) is 0.629. The fourth-order valence-corrected chi connectivity index (χ4v) is 4.49. The lowest BCUT2D eigenvalue weighted by Crippen LogP contribution is -2.33. The quantitative estimate of drug-likeness (QED) is 0.192. The van der Waals surface area contributed by atoms with Crippen LogP contribution >= 0.6 is 0 Å². The highest BCUT2D eigenvalue weighted by Gasteiger charge is 2.21. The van der Waals surface area contributed by atoms with Gasteiger partial charge in [-0.1, -0.05) is 91.9 Å². The van der Waals surface area contributed by atoms with E-state index in [9.17, 15) is 19.5 Å². The SMILES string of the molecule is CCC(=O)N(CCOc1ccc(C[C@H](Nc2ccccc2C(=O)c2ccccc2)C(=O)O)cc1)Cc1ccccc1. The van der Waals surface area contributed by atoms with Crippen LogP contribution in [0, 0.1) is 0 Å². The van der Waals surface area contributed by atoms with Gasteiger partial charge in [-0.15, -0.1) is 0 Å². The zero-order valence-corrected chi connectivity index (χ0v) is 23.0. The predicted octanol–water partition coefficient (Wildman–Crippen LogP) is 5.84. The Balaban J connectivity index is 1.36. The second-order valence-corrected chi connectivity index (χ2v) is 9.63. The van der Waals surface area contributed by atoms with Gasteiger partial charge < -0.3 is 20.1 Å². The van der Waals surface area contributed by atoms with E-state index < -0.39 is 12.0 Å². The number of hydrogen-bond acceptors (Lipinski definition) is 5. The Morgan fingerprint density at radius 2 is 1.44 bits per heavy atom. The molecule has 210 valence electrons. The predicted molar refractivity (Wildman–Crippen MR) is 159 cm³/mol. The number of hydrogen-bond donors (Lipinski definition) is 2. The van der Waals surface area contributed by atoms with Gasteiger partial charge in [0.1, 0.15) is 18.4 Å². The van der Waals surface area contributed by atoms with Crippen molar-refractivity contribution in [1.29, 1.82) is 0 Å². The summed E-state index contributed by atoms with van der Waals surface area (Å²) in [6.45, 7) is 3.16. The van der Waals surface area contributed by atoms with Crippen molar-refractivity contribution < 1.29 is 24.2 Å². The van der Waals surface area contributed by atoms with Gasteiger partial charge in [0.2, 0.25) is 5.91 Å². The van der Waals surface area contributed by atoms with E-state index in [2.05, 4.69) is 5.32 Å². The highest BCUT2D eigenvalue weighted by atomic mass is 16.5. The van der Waals surface area contributed by atoms with Crippen LogP contribution in [0.15, 0.2) is 109 Å². The Kier molecular flexibility index (Phi) is 10.3. The normalized spacial score (nSPS) is 11.3. The number of carbonyl (C=O) groups is 3. The van der Waals surface area contributed by atoms with Gasteiger partial charge in [-0.25, -0.2) is 4.79 Å². The number of carboxylic acid groups (broad SMARTS) is 1. The molecule has 7 nitrogen and oxygen atoms in total. The highest BCUT2D eigenvalue weighted by Crippen LogP contribution is 2.22. The molecule has 0 aliphatic rings. The van der Waals surface area contributed by atoms with E-state index in [-0.39, 0.29) is 18.1 Å². The molecule has 7 heteroatoms. The zero-order valence-electron chi connectivity index (χ0n) is 23.0. The summed E-state index contributed by atoms with van der Waals surface area (Å²) in [7, 11) is 0. The van der Waals surface area contributed by atoms with Crippen LogP contribution in [-0.2, 0) is 22.6 Å². The molecule has 0 fully saturated rings. The third-order valence-electron chi connectivity index (χ3n) is 6.70. The van der Waals surface area contributed by atoms with Crippen molar-refractivity contribution in [2.75, 3.05) is 18.5 Å². The maximum Gasteiger partial charge on any atom is 0.326 e. The minimum atomic E-state index is -1.02. The number of nitrogens with zero attached hydrogens (tertiary/aromatic N) is 1. The van der Waals surface area contributed by atoms with Crippen LogP contribution in [-0.4, -0.2) is 46.9 Å². The van der Waals surface area contributed by atoms with Crippen LogP contribution in [0.1, 0.15) is 40.4 Å². The second kappa shape index (κ2) is 14.5. The number of nitrogens with one attached hydrogen (secondary N) is 1. The monoisotopic (exact) mass is 550 g/mol. The minimum Gasteiger partial charge on any atom is -0.492 e. The van der Waals surface area contributed by atoms with E-state index in [0.29, 0.717) is 48.7 Å². The molecule has 41 heavy (non-hydrogen) atoms. The molecular weight excluding hydrogens is 516 g/mol. The van der Waals surface area contributed by atoms with Gasteiger partial charge in [-0.3, -0.25) is 9.59 Å². The fraction of sp³-hybridized carbons (Fsp3) is 0.206. The highest BCUT2D eigenvalue weighted by molar-refractivity contribution is 6.12. The van der Waals surface area contributed by atoms with E-state index >= 15 is 0 Å². The lowest BCUT2D eigenvalue weighted by atomic mass is 10.00. The number of ether oxygens (including phenoxy) is 1. The van der Waals surface area contributed by atoms with Gasteiger partial charge in [-0.05, 0) is 35.4 Å². The zero-order chi connectivity index (χ0) is 29.0. The molecule has 4 aromatic carbocycles. The number of ketones is 1. The van der Waals surface area contributed by atoms with Crippen LogP contribution in [0.3, 0.4) is 0 Å². The summed E-state index contributed by atoms with van der Waals surface area (Å²) in [6, 6.07) is 32.0. The molecular formula is C34H34N2O5. The number of aliphatic carboxylic acids is 1. The number of carbonyl (C=O) groups excluding carboxylic acids is 2. The van der Waals surface area contributed by atoms with E-state index in [1.165, 1.54) is 0 Å². The van der Waals surface area contributed by atoms with E-state index in [0.717, 1.165) is 11.1 Å². The van der Waals surface area contributed by atoms with Gasteiger partial charge in [0, 0.05) is 36.2 Å². The molecule has 4 rings (SSSR count). The van der Waals surface area contributed by atoms with Crippen LogP contribution in [0.5, 0.6) is 5.75 Å². The maximum absolute atomic E-state index is 13.1. The van der Waals surface area contributed by atoms with E-state index in [4.69, 9.17) is 4.74 Å². The minimum absolute atomic E-state index is 0.0621. The first kappa shape index (κ1) is 29.1. The molecule has 0 unspecified atom stereocenters. The number of carboxylic acids is 1. The van der Waals surface area contributed by atoms with Crippen molar-refractivity contribution in [3.05, 3.63) is 131 Å².